The van der Waals surface area contributed by atoms with Crippen LogP contribution in [0.3, 0.4) is 0 Å². The van der Waals surface area contributed by atoms with Gasteiger partial charge < -0.3 is 9.64 Å². The predicted octanol–water partition coefficient (Wildman–Crippen LogP) is 2.22. The van der Waals surface area contributed by atoms with Crippen LogP contribution in [-0.2, 0) is 9.53 Å². The van der Waals surface area contributed by atoms with Crippen LogP contribution in [0.5, 0.6) is 0 Å². The molecule has 1 aromatic carbocycles. The molecule has 1 atom stereocenters. The second kappa shape index (κ2) is 6.35. The fourth-order valence-electron chi connectivity index (χ4n) is 1.42. The first-order valence-electron chi connectivity index (χ1n) is 5.42. The van der Waals surface area contributed by atoms with Gasteiger partial charge in [0, 0.05) is 14.1 Å². The van der Waals surface area contributed by atoms with Crippen LogP contribution in [0.1, 0.15) is 18.4 Å². The quantitative estimate of drug-likeness (QED) is 0.767. The smallest absolute Gasteiger partial charge is 0.258 e. The maximum Gasteiger partial charge on any atom is 0.258 e. The Balaban J connectivity index is 2.69. The van der Waals surface area contributed by atoms with Crippen molar-refractivity contribution in [1.82, 2.24) is 4.90 Å². The minimum Gasteiger partial charge on any atom is -0.470 e. The maximum absolute atomic E-state index is 11.6. The average molecular weight is 251 g/mol. The molecule has 92 valence electrons. The summed E-state index contributed by atoms with van der Waals surface area (Å²) in [7, 11) is 3.63. The number of thiocarbonyl (C=S) groups is 1. The lowest BCUT2D eigenvalue weighted by molar-refractivity contribution is -0.119. The molecular formula is C13H17NO2S. The number of hydrogen-bond donors (Lipinski definition) is 0. The zero-order valence-corrected chi connectivity index (χ0v) is 11.2. The molecule has 0 amide bonds. The molecule has 0 aliphatic carbocycles. The molecule has 0 saturated heterocycles. The Morgan fingerprint density at radius 1 is 1.35 bits per heavy atom. The first kappa shape index (κ1) is 13.6. The first-order valence-corrected chi connectivity index (χ1v) is 5.82. The van der Waals surface area contributed by atoms with E-state index in [2.05, 4.69) is 0 Å². The summed E-state index contributed by atoms with van der Waals surface area (Å²) < 4.78 is 5.42. The molecule has 0 aliphatic rings. The van der Waals surface area contributed by atoms with Crippen molar-refractivity contribution in [2.45, 2.75) is 12.8 Å². The number of ether oxygens (including phenoxy) is 1. The van der Waals surface area contributed by atoms with E-state index in [1.807, 2.05) is 44.4 Å². The second-order valence-corrected chi connectivity index (χ2v) is 4.39. The molecule has 17 heavy (non-hydrogen) atoms. The van der Waals surface area contributed by atoms with Crippen LogP contribution in [0.4, 0.5) is 0 Å². The molecular weight excluding hydrogens is 234 g/mol. The van der Waals surface area contributed by atoms with Gasteiger partial charge in [-0.2, -0.15) is 0 Å². The number of Topliss-reactive ketones (excluding diaryl/α,β-unsaturated/α-hetero) is 1. The first-order chi connectivity index (χ1) is 8.02. The summed E-state index contributed by atoms with van der Waals surface area (Å²) >= 11 is 5.03. The molecule has 3 nitrogen and oxygen atoms in total. The zero-order chi connectivity index (χ0) is 12.8. The molecule has 0 radical (unpaired) electrons. The summed E-state index contributed by atoms with van der Waals surface area (Å²) in [6.45, 7) is 1.86. The van der Waals surface area contributed by atoms with E-state index in [-0.39, 0.29) is 18.3 Å². The molecule has 0 aliphatic heterocycles. The van der Waals surface area contributed by atoms with Gasteiger partial charge >= 0.3 is 0 Å². The van der Waals surface area contributed by atoms with E-state index in [4.69, 9.17) is 17.0 Å². The van der Waals surface area contributed by atoms with Gasteiger partial charge in [0.2, 0.25) is 0 Å². The number of benzene rings is 1. The van der Waals surface area contributed by atoms with E-state index >= 15 is 0 Å². The SMILES string of the molecule is CC(=O)C(COC(=S)N(C)C)c1ccccc1. The number of hydrogen-bond acceptors (Lipinski definition) is 3. The zero-order valence-electron chi connectivity index (χ0n) is 10.3. The minimum atomic E-state index is -0.255. The van der Waals surface area contributed by atoms with E-state index in [0.717, 1.165) is 5.56 Å². The van der Waals surface area contributed by atoms with Crippen LogP contribution >= 0.6 is 12.2 Å². The largest absolute Gasteiger partial charge is 0.470 e. The van der Waals surface area contributed by atoms with Crippen LogP contribution in [0.25, 0.3) is 0 Å². The lowest BCUT2D eigenvalue weighted by Crippen LogP contribution is -2.26. The van der Waals surface area contributed by atoms with Gasteiger partial charge in [0.25, 0.3) is 5.17 Å². The molecule has 1 rings (SSSR count). The van der Waals surface area contributed by atoms with Gasteiger partial charge in [0.15, 0.2) is 0 Å². The van der Waals surface area contributed by atoms with Gasteiger partial charge in [-0.3, -0.25) is 4.79 Å². The van der Waals surface area contributed by atoms with E-state index in [9.17, 15) is 4.79 Å². The summed E-state index contributed by atoms with van der Waals surface area (Å²) in [5, 5.41) is 0.396. The third-order valence-electron chi connectivity index (χ3n) is 2.43. The Labute approximate surface area is 107 Å². The van der Waals surface area contributed by atoms with E-state index in [1.165, 1.54) is 0 Å². The Bertz CT molecular complexity index is 390. The highest BCUT2D eigenvalue weighted by molar-refractivity contribution is 7.80. The van der Waals surface area contributed by atoms with Crippen LogP contribution in [0, 0.1) is 0 Å². The molecule has 0 N–H and O–H groups in total. The minimum absolute atomic E-state index is 0.0813. The summed E-state index contributed by atoms with van der Waals surface area (Å²) in [5.74, 6) is -0.174. The molecule has 0 fully saturated rings. The molecule has 4 heteroatoms. The number of ketones is 1. The highest BCUT2D eigenvalue weighted by Crippen LogP contribution is 2.17. The Kier molecular flexibility index (Phi) is 5.10. The molecule has 0 aromatic heterocycles. The van der Waals surface area contributed by atoms with Crippen molar-refractivity contribution in [1.29, 1.82) is 0 Å². The van der Waals surface area contributed by atoms with E-state index in [0.29, 0.717) is 5.17 Å². The Morgan fingerprint density at radius 2 is 1.94 bits per heavy atom. The molecule has 0 heterocycles. The highest BCUT2D eigenvalue weighted by atomic mass is 32.1. The molecule has 0 saturated carbocycles. The second-order valence-electron chi connectivity index (χ2n) is 4.05. The molecule has 0 bridgehead atoms. The van der Waals surface area contributed by atoms with E-state index < -0.39 is 0 Å². The molecule has 1 unspecified atom stereocenters. The summed E-state index contributed by atoms with van der Waals surface area (Å²) in [4.78, 5) is 13.3. The highest BCUT2D eigenvalue weighted by Gasteiger charge is 2.18. The lowest BCUT2D eigenvalue weighted by atomic mass is 9.96. The molecule has 0 spiro atoms. The average Bonchev–Trinajstić information content (AvgIpc) is 2.29. The molecule has 1 aromatic rings. The maximum atomic E-state index is 11.6. The normalized spacial score (nSPS) is 11.7. The van der Waals surface area contributed by atoms with E-state index in [1.54, 1.807) is 11.8 Å². The third kappa shape index (κ3) is 4.15. The van der Waals surface area contributed by atoms with Crippen LogP contribution in [0.15, 0.2) is 30.3 Å². The van der Waals surface area contributed by atoms with Crippen LogP contribution in [0.2, 0.25) is 0 Å². The Hall–Kier alpha value is -1.42. The third-order valence-corrected chi connectivity index (χ3v) is 2.91. The van der Waals surface area contributed by atoms with Gasteiger partial charge in [0.1, 0.15) is 12.4 Å². The monoisotopic (exact) mass is 251 g/mol. The standard InChI is InChI=1S/C13H17NO2S/c1-10(15)12(9-16-13(17)14(2)3)11-7-5-4-6-8-11/h4-8,12H,9H2,1-3H3. The Morgan fingerprint density at radius 3 is 2.41 bits per heavy atom. The van der Waals surface area contributed by atoms with Gasteiger partial charge in [0.05, 0.1) is 5.92 Å². The lowest BCUT2D eigenvalue weighted by Gasteiger charge is -2.19. The summed E-state index contributed by atoms with van der Waals surface area (Å²) in [5.41, 5.74) is 0.960. The van der Waals surface area contributed by atoms with Crippen LogP contribution < -0.4 is 0 Å². The van der Waals surface area contributed by atoms with Crippen molar-refractivity contribution in [2.75, 3.05) is 20.7 Å². The summed E-state index contributed by atoms with van der Waals surface area (Å²) in [6, 6.07) is 9.60. The fraction of sp³-hybridized carbons (Fsp3) is 0.385. The number of carbonyl (C=O) groups excluding carboxylic acids is 1. The van der Waals surface area contributed by atoms with Crippen molar-refractivity contribution >= 4 is 23.2 Å². The summed E-state index contributed by atoms with van der Waals surface area (Å²) in [6.07, 6.45) is 0. The topological polar surface area (TPSA) is 29.5 Å². The van der Waals surface area contributed by atoms with Crippen molar-refractivity contribution in [3.05, 3.63) is 35.9 Å². The predicted molar refractivity (Wildman–Crippen MR) is 72.1 cm³/mol. The van der Waals surface area contributed by atoms with Gasteiger partial charge in [-0.15, -0.1) is 0 Å². The van der Waals surface area contributed by atoms with Gasteiger partial charge in [-0.05, 0) is 24.7 Å². The number of carbonyl (C=O) groups is 1. The number of nitrogens with zero attached hydrogens (tertiary/aromatic N) is 1. The fourth-order valence-corrected chi connectivity index (χ4v) is 1.49. The van der Waals surface area contributed by atoms with Crippen LogP contribution in [-0.4, -0.2) is 36.6 Å². The van der Waals surface area contributed by atoms with Crippen molar-refractivity contribution in [3.8, 4) is 0 Å². The van der Waals surface area contributed by atoms with Crippen molar-refractivity contribution in [3.63, 3.8) is 0 Å². The van der Waals surface area contributed by atoms with Gasteiger partial charge in [-0.25, -0.2) is 0 Å². The number of rotatable bonds is 4. The van der Waals surface area contributed by atoms with Crippen molar-refractivity contribution < 1.29 is 9.53 Å². The van der Waals surface area contributed by atoms with Crippen molar-refractivity contribution in [2.24, 2.45) is 0 Å². The van der Waals surface area contributed by atoms with Gasteiger partial charge in [-0.1, -0.05) is 30.3 Å².